The fourth-order valence-corrected chi connectivity index (χ4v) is 2.16. The van der Waals surface area contributed by atoms with Gasteiger partial charge in [-0.25, -0.2) is 4.79 Å². The van der Waals surface area contributed by atoms with Gasteiger partial charge < -0.3 is 15.2 Å². The standard InChI is InChI=1S/C14H12ClN3O3/c1-8-9(7-16)12(17)18(13(8)21-14(19)20-2)11-6-4-3-5-10(11)15/h3-6H,17H2,1-2H3. The number of hydrogen-bond acceptors (Lipinski definition) is 5. The average molecular weight is 306 g/mol. The molecule has 0 unspecified atom stereocenters. The predicted molar refractivity (Wildman–Crippen MR) is 77.7 cm³/mol. The Morgan fingerprint density at radius 3 is 2.67 bits per heavy atom. The Morgan fingerprint density at radius 2 is 2.10 bits per heavy atom. The first-order chi connectivity index (χ1) is 10.0. The van der Waals surface area contributed by atoms with Crippen LogP contribution in [0.5, 0.6) is 5.88 Å². The highest BCUT2D eigenvalue weighted by atomic mass is 35.5. The van der Waals surface area contributed by atoms with Crippen LogP contribution in [0.25, 0.3) is 5.69 Å². The maximum absolute atomic E-state index is 11.4. The van der Waals surface area contributed by atoms with Crippen molar-refractivity contribution in [2.24, 2.45) is 0 Å². The number of rotatable bonds is 2. The normalized spacial score (nSPS) is 10.0. The summed E-state index contributed by atoms with van der Waals surface area (Å²) < 4.78 is 11.0. The summed E-state index contributed by atoms with van der Waals surface area (Å²) in [7, 11) is 1.19. The molecule has 108 valence electrons. The topological polar surface area (TPSA) is 90.3 Å². The summed E-state index contributed by atoms with van der Waals surface area (Å²) in [6.07, 6.45) is -0.909. The highest BCUT2D eigenvalue weighted by molar-refractivity contribution is 6.32. The van der Waals surface area contributed by atoms with Crippen molar-refractivity contribution in [2.75, 3.05) is 12.8 Å². The molecule has 0 spiro atoms. The second-order valence-corrected chi connectivity index (χ2v) is 4.55. The van der Waals surface area contributed by atoms with Gasteiger partial charge in [0.2, 0.25) is 5.88 Å². The van der Waals surface area contributed by atoms with Crippen LogP contribution in [-0.4, -0.2) is 17.8 Å². The summed E-state index contributed by atoms with van der Waals surface area (Å²) >= 11 is 6.15. The fourth-order valence-electron chi connectivity index (χ4n) is 1.94. The molecular formula is C14H12ClN3O3. The molecule has 0 radical (unpaired) electrons. The molecule has 2 N–H and O–H groups in total. The maximum atomic E-state index is 11.4. The van der Waals surface area contributed by atoms with Crippen LogP contribution in [0.1, 0.15) is 11.1 Å². The number of ether oxygens (including phenoxy) is 2. The Bertz CT molecular complexity index is 747. The van der Waals surface area contributed by atoms with E-state index in [0.717, 1.165) is 0 Å². The second kappa shape index (κ2) is 5.77. The van der Waals surface area contributed by atoms with Crippen molar-refractivity contribution in [3.8, 4) is 17.6 Å². The molecule has 1 aromatic heterocycles. The van der Waals surface area contributed by atoms with Crippen molar-refractivity contribution in [1.29, 1.82) is 5.26 Å². The number of benzene rings is 1. The summed E-state index contributed by atoms with van der Waals surface area (Å²) in [6.45, 7) is 1.63. The zero-order chi connectivity index (χ0) is 15.6. The Labute approximate surface area is 126 Å². The third-order valence-corrected chi connectivity index (χ3v) is 3.27. The largest absolute Gasteiger partial charge is 0.514 e. The number of carbonyl (C=O) groups excluding carboxylic acids is 1. The number of methoxy groups -OCH3 is 1. The van der Waals surface area contributed by atoms with E-state index in [0.29, 0.717) is 16.3 Å². The molecule has 0 bridgehead atoms. The Kier molecular flexibility index (Phi) is 4.05. The van der Waals surface area contributed by atoms with E-state index in [2.05, 4.69) is 4.74 Å². The van der Waals surface area contributed by atoms with E-state index in [4.69, 9.17) is 22.1 Å². The van der Waals surface area contributed by atoms with E-state index in [9.17, 15) is 10.1 Å². The first kappa shape index (κ1) is 14.8. The molecule has 2 aromatic rings. The lowest BCUT2D eigenvalue weighted by atomic mass is 10.2. The third kappa shape index (κ3) is 2.51. The van der Waals surface area contributed by atoms with Crippen LogP contribution < -0.4 is 10.5 Å². The molecule has 1 heterocycles. The minimum absolute atomic E-state index is 0.101. The number of nitrogen functional groups attached to an aromatic ring is 1. The van der Waals surface area contributed by atoms with Gasteiger partial charge in [0.05, 0.1) is 17.8 Å². The molecule has 0 amide bonds. The summed E-state index contributed by atoms with van der Waals surface area (Å²) in [5, 5.41) is 9.60. The molecule has 0 saturated carbocycles. The van der Waals surface area contributed by atoms with Crippen LogP contribution in [0.3, 0.4) is 0 Å². The summed E-state index contributed by atoms with van der Waals surface area (Å²) in [5.41, 5.74) is 7.13. The first-order valence-electron chi connectivity index (χ1n) is 5.92. The molecular weight excluding hydrogens is 294 g/mol. The molecule has 0 aliphatic heterocycles. The van der Waals surface area contributed by atoms with Gasteiger partial charge in [0.25, 0.3) is 0 Å². The number of carbonyl (C=O) groups is 1. The SMILES string of the molecule is COC(=O)Oc1c(C)c(C#N)c(N)n1-c1ccccc1Cl. The molecule has 2 rings (SSSR count). The van der Waals surface area contributed by atoms with Gasteiger partial charge in [0.1, 0.15) is 17.5 Å². The molecule has 0 saturated heterocycles. The molecule has 0 aliphatic rings. The van der Waals surface area contributed by atoms with Gasteiger partial charge in [0, 0.05) is 5.56 Å². The number of nitrogens with two attached hydrogens (primary N) is 1. The summed E-state index contributed by atoms with van der Waals surface area (Å²) in [4.78, 5) is 11.4. The van der Waals surface area contributed by atoms with E-state index < -0.39 is 6.16 Å². The van der Waals surface area contributed by atoms with Gasteiger partial charge in [-0.1, -0.05) is 23.7 Å². The van der Waals surface area contributed by atoms with E-state index >= 15 is 0 Å². The molecule has 0 aliphatic carbocycles. The van der Waals surface area contributed by atoms with Crippen LogP contribution in [-0.2, 0) is 4.74 Å². The van der Waals surface area contributed by atoms with E-state index in [1.807, 2.05) is 6.07 Å². The molecule has 0 atom stereocenters. The molecule has 0 fully saturated rings. The smallest absolute Gasteiger partial charge is 0.437 e. The van der Waals surface area contributed by atoms with Gasteiger partial charge in [0.15, 0.2) is 0 Å². The monoisotopic (exact) mass is 305 g/mol. The zero-order valence-electron chi connectivity index (χ0n) is 11.4. The first-order valence-corrected chi connectivity index (χ1v) is 6.30. The Balaban J connectivity index is 2.73. The molecule has 7 heteroatoms. The van der Waals surface area contributed by atoms with Crippen LogP contribution in [0.4, 0.5) is 10.6 Å². The number of halogens is 1. The van der Waals surface area contributed by atoms with Crippen molar-refractivity contribution >= 4 is 23.6 Å². The van der Waals surface area contributed by atoms with Gasteiger partial charge in [-0.05, 0) is 19.1 Å². The van der Waals surface area contributed by atoms with Crippen LogP contribution in [0, 0.1) is 18.3 Å². The quantitative estimate of drug-likeness (QED) is 0.861. The van der Waals surface area contributed by atoms with Crippen molar-refractivity contribution in [3.05, 3.63) is 40.4 Å². The number of nitrogens with zero attached hydrogens (tertiary/aromatic N) is 2. The highest BCUT2D eigenvalue weighted by Crippen LogP contribution is 2.36. The number of aromatic nitrogens is 1. The van der Waals surface area contributed by atoms with Crippen molar-refractivity contribution < 1.29 is 14.3 Å². The Morgan fingerprint density at radius 1 is 1.43 bits per heavy atom. The molecule has 21 heavy (non-hydrogen) atoms. The highest BCUT2D eigenvalue weighted by Gasteiger charge is 2.24. The second-order valence-electron chi connectivity index (χ2n) is 4.15. The lowest BCUT2D eigenvalue weighted by Crippen LogP contribution is -2.12. The van der Waals surface area contributed by atoms with Crippen molar-refractivity contribution in [2.45, 2.75) is 6.92 Å². The average Bonchev–Trinajstić information content (AvgIpc) is 2.70. The lowest BCUT2D eigenvalue weighted by Gasteiger charge is -2.12. The van der Waals surface area contributed by atoms with Gasteiger partial charge in [-0.2, -0.15) is 5.26 Å². The Hall–Kier alpha value is -2.65. The number of anilines is 1. The number of nitriles is 1. The van der Waals surface area contributed by atoms with Crippen molar-refractivity contribution in [1.82, 2.24) is 4.57 Å². The minimum atomic E-state index is -0.909. The molecule has 6 nitrogen and oxygen atoms in total. The molecule has 1 aromatic carbocycles. The van der Waals surface area contributed by atoms with E-state index in [-0.39, 0.29) is 17.3 Å². The van der Waals surface area contributed by atoms with Crippen LogP contribution in [0.15, 0.2) is 24.3 Å². The third-order valence-electron chi connectivity index (χ3n) is 2.95. The predicted octanol–water partition coefficient (Wildman–Crippen LogP) is 3.04. The van der Waals surface area contributed by atoms with Crippen molar-refractivity contribution in [3.63, 3.8) is 0 Å². The fraction of sp³-hybridized carbons (Fsp3) is 0.143. The van der Waals surface area contributed by atoms with E-state index in [1.165, 1.54) is 11.7 Å². The summed E-state index contributed by atoms with van der Waals surface area (Å²) in [6, 6.07) is 8.86. The number of para-hydroxylation sites is 1. The van der Waals surface area contributed by atoms with Crippen LogP contribution in [0.2, 0.25) is 5.02 Å². The maximum Gasteiger partial charge on any atom is 0.514 e. The van der Waals surface area contributed by atoms with Gasteiger partial charge >= 0.3 is 6.16 Å². The van der Waals surface area contributed by atoms with Gasteiger partial charge in [-0.15, -0.1) is 0 Å². The number of hydrogen-bond donors (Lipinski definition) is 1. The van der Waals surface area contributed by atoms with E-state index in [1.54, 1.807) is 31.2 Å². The summed E-state index contributed by atoms with van der Waals surface area (Å²) in [5.74, 6) is 0.242. The lowest BCUT2D eigenvalue weighted by molar-refractivity contribution is 0.119. The zero-order valence-corrected chi connectivity index (χ0v) is 12.1. The minimum Gasteiger partial charge on any atom is -0.437 e. The van der Waals surface area contributed by atoms with Crippen LogP contribution >= 0.6 is 11.6 Å². The van der Waals surface area contributed by atoms with Gasteiger partial charge in [-0.3, -0.25) is 4.57 Å².